The molecule has 1 rings (SSSR count). The van der Waals surface area contributed by atoms with Crippen LogP contribution in [0.2, 0.25) is 0 Å². The van der Waals surface area contributed by atoms with Gasteiger partial charge in [0.25, 0.3) is 0 Å². The van der Waals surface area contributed by atoms with Gasteiger partial charge in [-0.05, 0) is 67.8 Å². The van der Waals surface area contributed by atoms with E-state index in [9.17, 15) is 19.5 Å². The number of hydrogen-bond acceptors (Lipinski definition) is 5. The molecular weight excluding hydrogens is 628 g/mol. The van der Waals surface area contributed by atoms with Crippen molar-refractivity contribution in [1.82, 2.24) is 0 Å². The fourth-order valence-electron chi connectivity index (χ4n) is 1.58. The minimum absolute atomic E-state index is 0. The van der Waals surface area contributed by atoms with Crippen LogP contribution in [-0.2, 0) is 9.59 Å². The minimum Gasteiger partial charge on any atom is -0.545 e. The van der Waals surface area contributed by atoms with Gasteiger partial charge in [0.05, 0.1) is 20.9 Å². The van der Waals surface area contributed by atoms with Crippen molar-refractivity contribution in [3.8, 4) is 0 Å². The van der Waals surface area contributed by atoms with Crippen LogP contribution in [0.15, 0.2) is 0 Å². The Hall–Kier alpha value is 0.820. The zero-order chi connectivity index (χ0) is 15.8. The first kappa shape index (κ1) is 21.8. The summed E-state index contributed by atoms with van der Waals surface area (Å²) in [4.78, 5) is 35.5. The van der Waals surface area contributed by atoms with E-state index in [0.717, 1.165) is 4.90 Å². The Kier molecular flexibility index (Phi) is 8.95. The second-order valence-electron chi connectivity index (χ2n) is 3.74. The number of nitrogen functional groups attached to an aromatic ring is 1. The number of carboxylic acids is 1. The molecule has 0 aromatic heterocycles. The third kappa shape index (κ3) is 4.43. The molecule has 0 fully saturated rings. The zero-order valence-corrected chi connectivity index (χ0v) is 19.8. The number of hydrogen-bond donors (Lipinski definition) is 1. The second kappa shape index (κ2) is 8.61. The van der Waals surface area contributed by atoms with Crippen molar-refractivity contribution in [1.29, 1.82) is 0 Å². The molecule has 1 aromatic rings. The monoisotopic (exact) mass is 636 g/mol. The number of rotatable bonds is 2. The third-order valence-corrected chi connectivity index (χ3v) is 5.65. The number of carbonyl (C=O) groups is 3. The van der Waals surface area contributed by atoms with E-state index in [1.165, 1.54) is 13.8 Å². The molecule has 108 valence electrons. The van der Waals surface area contributed by atoms with E-state index in [2.05, 4.69) is 0 Å². The smallest absolute Gasteiger partial charge is 0.545 e. The number of aromatic carboxylic acids is 1. The molecule has 0 aliphatic carbocycles. The van der Waals surface area contributed by atoms with Crippen LogP contribution in [0.25, 0.3) is 0 Å². The van der Waals surface area contributed by atoms with Crippen LogP contribution in [0.3, 0.4) is 0 Å². The van der Waals surface area contributed by atoms with E-state index in [4.69, 9.17) is 5.73 Å². The van der Waals surface area contributed by atoms with E-state index < -0.39 is 17.8 Å². The molecule has 0 spiro atoms. The molecule has 0 unspecified atom stereocenters. The number of imide groups is 1. The fourth-order valence-corrected chi connectivity index (χ4v) is 5.67. The number of halogens is 3. The summed E-state index contributed by atoms with van der Waals surface area (Å²) in [5, 5.41) is 11.3. The van der Waals surface area contributed by atoms with Gasteiger partial charge in [0.15, 0.2) is 0 Å². The Morgan fingerprint density at radius 2 is 1.43 bits per heavy atom. The predicted octanol–water partition coefficient (Wildman–Crippen LogP) is -1.65. The van der Waals surface area contributed by atoms with Gasteiger partial charge in [-0.15, -0.1) is 0 Å². The summed E-state index contributed by atoms with van der Waals surface area (Å²) in [6, 6.07) is 0. The van der Waals surface area contributed by atoms with Crippen LogP contribution < -0.4 is 45.3 Å². The molecule has 0 radical (unpaired) electrons. The molecule has 0 bridgehead atoms. The van der Waals surface area contributed by atoms with Gasteiger partial charge in [-0.2, -0.15) is 0 Å². The van der Waals surface area contributed by atoms with Crippen LogP contribution in [0.1, 0.15) is 24.2 Å². The molecule has 10 heteroatoms. The van der Waals surface area contributed by atoms with Crippen LogP contribution in [0.5, 0.6) is 0 Å². The molecule has 0 saturated heterocycles. The molecule has 21 heavy (non-hydrogen) atoms. The largest absolute Gasteiger partial charge is 1.00 e. The third-order valence-electron chi connectivity index (χ3n) is 2.39. The minimum atomic E-state index is -1.41. The average molecular weight is 636 g/mol. The van der Waals surface area contributed by atoms with E-state index in [1.807, 2.05) is 22.6 Å². The zero-order valence-electron chi connectivity index (χ0n) is 11.3. The summed E-state index contributed by atoms with van der Waals surface area (Å²) in [6.07, 6.45) is 0. The molecule has 0 aliphatic heterocycles. The van der Waals surface area contributed by atoms with Gasteiger partial charge in [-0.25, -0.2) is 4.90 Å². The topological polar surface area (TPSA) is 104 Å². The quantitative estimate of drug-likeness (QED) is 0.239. The molecule has 6 nitrogen and oxygen atoms in total. The predicted molar refractivity (Wildman–Crippen MR) is 97.2 cm³/mol. The van der Waals surface area contributed by atoms with Crippen LogP contribution in [-0.4, -0.2) is 17.8 Å². The summed E-state index contributed by atoms with van der Waals surface area (Å²) in [7, 11) is 0. The van der Waals surface area contributed by atoms with Gasteiger partial charge in [0, 0.05) is 26.6 Å². The number of anilines is 2. The van der Waals surface area contributed by atoms with Gasteiger partial charge < -0.3 is 15.6 Å². The number of benzene rings is 1. The second-order valence-corrected chi connectivity index (χ2v) is 6.98. The Morgan fingerprint density at radius 3 is 1.76 bits per heavy atom. The van der Waals surface area contributed by atoms with E-state index in [0.29, 0.717) is 7.14 Å². The Morgan fingerprint density at radius 1 is 1.00 bits per heavy atom. The number of nitrogens with two attached hydrogens (primary N) is 1. The number of amides is 2. The molecular formula is C11H8I3N2NaO4. The van der Waals surface area contributed by atoms with Gasteiger partial charge in [-0.3, -0.25) is 9.59 Å². The molecule has 0 atom stereocenters. The maximum Gasteiger partial charge on any atom is 1.00 e. The normalized spacial score (nSPS) is 9.76. The molecule has 0 heterocycles. The molecule has 0 aliphatic rings. The molecule has 0 saturated carbocycles. The first-order valence-electron chi connectivity index (χ1n) is 5.09. The van der Waals surface area contributed by atoms with Crippen LogP contribution in [0.4, 0.5) is 11.4 Å². The number of carbonyl (C=O) groups excluding carboxylic acids is 3. The maximum absolute atomic E-state index is 11.7. The van der Waals surface area contributed by atoms with Crippen molar-refractivity contribution < 1.29 is 49.0 Å². The van der Waals surface area contributed by atoms with Crippen molar-refractivity contribution in [2.75, 3.05) is 10.6 Å². The van der Waals surface area contributed by atoms with Crippen LogP contribution in [0, 0.1) is 10.7 Å². The van der Waals surface area contributed by atoms with Gasteiger partial charge >= 0.3 is 29.6 Å². The van der Waals surface area contributed by atoms with Crippen molar-refractivity contribution >= 4 is 96.9 Å². The fraction of sp³-hybridized carbons (Fsp3) is 0.182. The first-order chi connectivity index (χ1) is 9.11. The summed E-state index contributed by atoms with van der Waals surface area (Å²) in [5.41, 5.74) is 6.14. The van der Waals surface area contributed by atoms with Crippen molar-refractivity contribution in [3.05, 3.63) is 16.3 Å². The summed E-state index contributed by atoms with van der Waals surface area (Å²) < 4.78 is 1.02. The number of nitrogens with zero attached hydrogens (tertiary/aromatic N) is 1. The van der Waals surface area contributed by atoms with Crippen LogP contribution >= 0.6 is 67.8 Å². The van der Waals surface area contributed by atoms with Crippen molar-refractivity contribution in [3.63, 3.8) is 0 Å². The molecule has 1 aromatic carbocycles. The number of carboxylic acid groups (broad SMARTS) is 1. The first-order valence-corrected chi connectivity index (χ1v) is 8.33. The van der Waals surface area contributed by atoms with E-state index in [1.54, 1.807) is 45.2 Å². The van der Waals surface area contributed by atoms with E-state index in [-0.39, 0.29) is 50.1 Å². The van der Waals surface area contributed by atoms with Gasteiger partial charge in [0.1, 0.15) is 0 Å². The Balaban J connectivity index is 0.00000400. The summed E-state index contributed by atoms with van der Waals surface area (Å²) in [5.74, 6) is -2.44. The molecule has 2 N–H and O–H groups in total. The SMILES string of the molecule is CC(=O)N(C(C)=O)c1c(I)c(N)c(I)c(C(=O)[O-])c1I.[Na+]. The van der Waals surface area contributed by atoms with Crippen molar-refractivity contribution in [2.24, 2.45) is 0 Å². The molecule has 2 amide bonds. The van der Waals surface area contributed by atoms with Gasteiger partial charge in [-0.1, -0.05) is 0 Å². The Bertz CT molecular complexity index is 623. The van der Waals surface area contributed by atoms with Gasteiger partial charge in [0.2, 0.25) is 11.8 Å². The standard InChI is InChI=1S/C11H9I3N2O4.Na/c1-3(17)16(4(2)18)10-7(13)5(11(19)20)6(12)9(15)8(10)14;/h15H2,1-2H3,(H,19,20);/q;+1/p-1. The van der Waals surface area contributed by atoms with Crippen molar-refractivity contribution in [2.45, 2.75) is 13.8 Å². The Labute approximate surface area is 184 Å². The average Bonchev–Trinajstić information content (AvgIpc) is 2.30. The summed E-state index contributed by atoms with van der Waals surface area (Å²) >= 11 is 5.46. The van der Waals surface area contributed by atoms with E-state index >= 15 is 0 Å². The summed E-state index contributed by atoms with van der Waals surface area (Å²) in [6.45, 7) is 2.45. The maximum atomic E-state index is 11.7.